The summed E-state index contributed by atoms with van der Waals surface area (Å²) in [4.78, 5) is 2.02. The molecule has 0 fully saturated rings. The van der Waals surface area contributed by atoms with Crippen molar-refractivity contribution in [2.75, 3.05) is 26.8 Å². The van der Waals surface area contributed by atoms with Gasteiger partial charge in [0.05, 0.1) is 18.7 Å². The first-order valence-corrected chi connectivity index (χ1v) is 4.43. The van der Waals surface area contributed by atoms with Crippen LogP contribution >= 0.6 is 0 Å². The second kappa shape index (κ2) is 7.08. The van der Waals surface area contributed by atoms with E-state index >= 15 is 0 Å². The van der Waals surface area contributed by atoms with Crippen molar-refractivity contribution in [1.82, 2.24) is 4.90 Å². The molecular weight excluding hydrogens is 152 g/mol. The van der Waals surface area contributed by atoms with Gasteiger partial charge in [0.2, 0.25) is 0 Å². The molecule has 0 aromatic carbocycles. The molecule has 0 aliphatic rings. The SMILES string of the molecule is CCOCCN(C)C(C#N)CC. The summed E-state index contributed by atoms with van der Waals surface area (Å²) in [6, 6.07) is 2.28. The van der Waals surface area contributed by atoms with E-state index in [9.17, 15) is 0 Å². The van der Waals surface area contributed by atoms with Gasteiger partial charge in [0, 0.05) is 13.2 Å². The second-order valence-corrected chi connectivity index (χ2v) is 2.73. The first-order valence-electron chi connectivity index (χ1n) is 4.43. The van der Waals surface area contributed by atoms with Crippen molar-refractivity contribution in [3.05, 3.63) is 0 Å². The Labute approximate surface area is 74.9 Å². The molecule has 0 aliphatic carbocycles. The van der Waals surface area contributed by atoms with Crippen LogP contribution in [0.5, 0.6) is 0 Å². The zero-order valence-corrected chi connectivity index (χ0v) is 8.21. The van der Waals surface area contributed by atoms with E-state index in [2.05, 4.69) is 6.07 Å². The van der Waals surface area contributed by atoms with Gasteiger partial charge < -0.3 is 4.74 Å². The van der Waals surface area contributed by atoms with E-state index in [-0.39, 0.29) is 6.04 Å². The van der Waals surface area contributed by atoms with Crippen molar-refractivity contribution >= 4 is 0 Å². The second-order valence-electron chi connectivity index (χ2n) is 2.73. The highest BCUT2D eigenvalue weighted by Gasteiger charge is 2.09. The summed E-state index contributed by atoms with van der Waals surface area (Å²) in [7, 11) is 1.95. The normalized spacial score (nSPS) is 12.9. The molecule has 12 heavy (non-hydrogen) atoms. The van der Waals surface area contributed by atoms with Gasteiger partial charge in [-0.2, -0.15) is 5.26 Å². The Morgan fingerprint density at radius 2 is 2.17 bits per heavy atom. The van der Waals surface area contributed by atoms with Crippen LogP contribution in [-0.2, 0) is 4.74 Å². The van der Waals surface area contributed by atoms with Gasteiger partial charge in [-0.05, 0) is 20.4 Å². The number of hydrogen-bond acceptors (Lipinski definition) is 3. The quantitative estimate of drug-likeness (QED) is 0.563. The molecule has 0 aromatic rings. The summed E-state index contributed by atoms with van der Waals surface area (Å²) in [6.07, 6.45) is 0.874. The first kappa shape index (κ1) is 11.4. The molecule has 0 aromatic heterocycles. The lowest BCUT2D eigenvalue weighted by Crippen LogP contribution is -2.32. The van der Waals surface area contributed by atoms with E-state index in [0.717, 1.165) is 19.6 Å². The molecule has 0 bridgehead atoms. The van der Waals surface area contributed by atoms with Crippen LogP contribution in [0.4, 0.5) is 0 Å². The van der Waals surface area contributed by atoms with Crippen LogP contribution in [0.2, 0.25) is 0 Å². The minimum atomic E-state index is 0.0328. The zero-order valence-electron chi connectivity index (χ0n) is 8.21. The fourth-order valence-corrected chi connectivity index (χ4v) is 1.01. The number of rotatable bonds is 6. The van der Waals surface area contributed by atoms with Gasteiger partial charge in [0.1, 0.15) is 0 Å². The van der Waals surface area contributed by atoms with Crippen molar-refractivity contribution in [1.29, 1.82) is 5.26 Å². The van der Waals surface area contributed by atoms with E-state index in [1.807, 2.05) is 25.8 Å². The molecule has 0 spiro atoms. The standard InChI is InChI=1S/C9H18N2O/c1-4-9(8-10)11(3)6-7-12-5-2/h9H,4-7H2,1-3H3. The van der Waals surface area contributed by atoms with Crippen molar-refractivity contribution in [2.24, 2.45) is 0 Å². The summed E-state index contributed by atoms with van der Waals surface area (Å²) in [5.74, 6) is 0. The number of likely N-dealkylation sites (N-methyl/N-ethyl adjacent to an activating group) is 1. The van der Waals surface area contributed by atoms with E-state index in [1.165, 1.54) is 0 Å². The molecule has 0 heterocycles. The maximum atomic E-state index is 8.72. The summed E-state index contributed by atoms with van der Waals surface area (Å²) >= 11 is 0. The fraction of sp³-hybridized carbons (Fsp3) is 0.889. The molecule has 1 atom stereocenters. The smallest absolute Gasteiger partial charge is 0.0973 e. The predicted molar refractivity (Wildman–Crippen MR) is 48.8 cm³/mol. The third-order valence-electron chi connectivity index (χ3n) is 1.86. The lowest BCUT2D eigenvalue weighted by molar-refractivity contribution is 0.114. The maximum Gasteiger partial charge on any atom is 0.0973 e. The summed E-state index contributed by atoms with van der Waals surface area (Å²) < 4.78 is 5.19. The Kier molecular flexibility index (Phi) is 6.73. The monoisotopic (exact) mass is 170 g/mol. The van der Waals surface area contributed by atoms with Gasteiger partial charge >= 0.3 is 0 Å². The molecule has 0 radical (unpaired) electrons. The third kappa shape index (κ3) is 4.32. The van der Waals surface area contributed by atoms with Crippen molar-refractivity contribution in [3.8, 4) is 6.07 Å². The van der Waals surface area contributed by atoms with Gasteiger partial charge in [0.15, 0.2) is 0 Å². The topological polar surface area (TPSA) is 36.3 Å². The van der Waals surface area contributed by atoms with Crippen LogP contribution in [0.3, 0.4) is 0 Å². The predicted octanol–water partition coefficient (Wildman–Crippen LogP) is 1.26. The van der Waals surface area contributed by atoms with Crippen LogP contribution in [0.1, 0.15) is 20.3 Å². The zero-order chi connectivity index (χ0) is 9.40. The molecular formula is C9H18N2O. The summed E-state index contributed by atoms with van der Waals surface area (Å²) in [5, 5.41) is 8.72. The average molecular weight is 170 g/mol. The third-order valence-corrected chi connectivity index (χ3v) is 1.86. The lowest BCUT2D eigenvalue weighted by atomic mass is 10.2. The number of nitrogens with zero attached hydrogens (tertiary/aromatic N) is 2. The van der Waals surface area contributed by atoms with E-state index in [0.29, 0.717) is 6.61 Å². The van der Waals surface area contributed by atoms with E-state index in [1.54, 1.807) is 0 Å². The maximum absolute atomic E-state index is 8.72. The lowest BCUT2D eigenvalue weighted by Gasteiger charge is -2.20. The van der Waals surface area contributed by atoms with E-state index < -0.39 is 0 Å². The molecule has 0 rings (SSSR count). The van der Waals surface area contributed by atoms with Crippen LogP contribution in [0, 0.1) is 11.3 Å². The highest BCUT2D eigenvalue weighted by molar-refractivity contribution is 4.89. The molecule has 1 unspecified atom stereocenters. The largest absolute Gasteiger partial charge is 0.380 e. The fourth-order valence-electron chi connectivity index (χ4n) is 1.01. The molecule has 0 saturated heterocycles. The number of nitriles is 1. The van der Waals surface area contributed by atoms with Crippen LogP contribution in [0.15, 0.2) is 0 Å². The Hall–Kier alpha value is -0.590. The Balaban J connectivity index is 3.56. The number of ether oxygens (including phenoxy) is 1. The molecule has 70 valence electrons. The van der Waals surface area contributed by atoms with Gasteiger partial charge in [-0.15, -0.1) is 0 Å². The molecule has 3 heteroatoms. The molecule has 0 aliphatic heterocycles. The van der Waals surface area contributed by atoms with Crippen molar-refractivity contribution in [2.45, 2.75) is 26.3 Å². The Morgan fingerprint density at radius 3 is 2.58 bits per heavy atom. The minimum Gasteiger partial charge on any atom is -0.380 e. The Bertz CT molecular complexity index is 142. The summed E-state index contributed by atoms with van der Waals surface area (Å²) in [6.45, 7) is 6.29. The first-order chi connectivity index (χ1) is 5.76. The van der Waals surface area contributed by atoms with Crippen molar-refractivity contribution in [3.63, 3.8) is 0 Å². The van der Waals surface area contributed by atoms with Gasteiger partial charge in [-0.25, -0.2) is 0 Å². The molecule has 0 amide bonds. The molecule has 0 saturated carbocycles. The summed E-state index contributed by atoms with van der Waals surface area (Å²) in [5.41, 5.74) is 0. The van der Waals surface area contributed by atoms with Crippen molar-refractivity contribution < 1.29 is 4.74 Å². The van der Waals surface area contributed by atoms with Crippen LogP contribution < -0.4 is 0 Å². The number of hydrogen-bond donors (Lipinski definition) is 0. The van der Waals surface area contributed by atoms with Crippen LogP contribution in [0.25, 0.3) is 0 Å². The molecule has 3 nitrogen and oxygen atoms in total. The van der Waals surface area contributed by atoms with Gasteiger partial charge in [-0.3, -0.25) is 4.90 Å². The molecule has 0 N–H and O–H groups in total. The van der Waals surface area contributed by atoms with Gasteiger partial charge in [0.25, 0.3) is 0 Å². The average Bonchev–Trinajstić information content (AvgIpc) is 2.07. The minimum absolute atomic E-state index is 0.0328. The Morgan fingerprint density at radius 1 is 1.50 bits per heavy atom. The van der Waals surface area contributed by atoms with Gasteiger partial charge in [-0.1, -0.05) is 6.92 Å². The highest BCUT2D eigenvalue weighted by atomic mass is 16.5. The van der Waals surface area contributed by atoms with E-state index in [4.69, 9.17) is 10.00 Å². The van der Waals surface area contributed by atoms with Crippen LogP contribution in [-0.4, -0.2) is 37.7 Å². The highest BCUT2D eigenvalue weighted by Crippen LogP contribution is 1.98.